The Kier molecular flexibility index (Phi) is 5.15. The Balaban J connectivity index is 0.000000349. The molecule has 0 saturated heterocycles. The van der Waals surface area contributed by atoms with Gasteiger partial charge in [-0.1, -0.05) is 0 Å². The van der Waals surface area contributed by atoms with Crippen molar-refractivity contribution in [2.75, 3.05) is 0 Å². The summed E-state index contributed by atoms with van der Waals surface area (Å²) in [6, 6.07) is 4.43. The van der Waals surface area contributed by atoms with E-state index in [1.54, 1.807) is 6.33 Å². The van der Waals surface area contributed by atoms with Gasteiger partial charge in [-0.15, -0.1) is 0 Å². The van der Waals surface area contributed by atoms with Crippen LogP contribution < -0.4 is 0 Å². The van der Waals surface area contributed by atoms with Crippen molar-refractivity contribution in [2.45, 2.75) is 25.3 Å². The molecular weight excluding hydrogens is 359 g/mol. The molecule has 0 aliphatic heterocycles. The van der Waals surface area contributed by atoms with Gasteiger partial charge in [-0.3, -0.25) is 4.68 Å². The van der Waals surface area contributed by atoms with Crippen LogP contribution in [0.3, 0.4) is 0 Å². The summed E-state index contributed by atoms with van der Waals surface area (Å²) in [5, 5.41) is 14.4. The molecule has 3 aromatic rings. The Morgan fingerprint density at radius 3 is 2.77 bits per heavy atom. The van der Waals surface area contributed by atoms with Crippen LogP contribution in [0.25, 0.3) is 22.3 Å². The minimum Gasteiger partial charge on any atom is -0.346 e. The van der Waals surface area contributed by atoms with E-state index in [1.165, 1.54) is 12.8 Å². The molecule has 3 heterocycles. The predicted molar refractivity (Wildman–Crippen MR) is 91.4 cm³/mol. The Morgan fingerprint density at radius 2 is 2.12 bits per heavy atom. The molecule has 10 nitrogen and oxygen atoms in total. The summed E-state index contributed by atoms with van der Waals surface area (Å²) in [6.45, 7) is 0. The highest BCUT2D eigenvalue weighted by atomic mass is 31.2. The van der Waals surface area contributed by atoms with Gasteiger partial charge in [-0.25, -0.2) is 14.5 Å². The van der Waals surface area contributed by atoms with Crippen molar-refractivity contribution in [2.24, 2.45) is 5.92 Å². The molecule has 26 heavy (non-hydrogen) atoms. The highest BCUT2D eigenvalue weighted by molar-refractivity contribution is 7.45. The largest absolute Gasteiger partial charge is 0.466 e. The number of phosphoric acid groups is 1. The molecule has 0 amide bonds. The number of nitrogens with zero attached hydrogens (tertiary/aromatic N) is 5. The van der Waals surface area contributed by atoms with Gasteiger partial charge in [0.1, 0.15) is 12.0 Å². The zero-order chi connectivity index (χ0) is 18.7. The normalized spacial score (nSPS) is 15.2. The maximum atomic E-state index is 9.00. The van der Waals surface area contributed by atoms with Crippen molar-refractivity contribution >= 4 is 18.9 Å². The fraction of sp³-hybridized carbons (Fsp3) is 0.333. The second kappa shape index (κ2) is 7.35. The maximum absolute atomic E-state index is 9.00. The first-order chi connectivity index (χ1) is 12.4. The monoisotopic (exact) mass is 376 g/mol. The quantitative estimate of drug-likeness (QED) is 0.501. The van der Waals surface area contributed by atoms with Crippen LogP contribution in [0.15, 0.2) is 31.0 Å². The molecule has 136 valence electrons. The third-order valence-corrected chi connectivity index (χ3v) is 4.04. The molecule has 1 fully saturated rings. The SMILES string of the molecule is N#CCC(C1CC1)n1cc(-c2ncnc3[nH]ccc23)cn1.O=P(O)(O)O. The lowest BCUT2D eigenvalue weighted by molar-refractivity contribution is 0.275. The Bertz CT molecular complexity index is 975. The number of aromatic amines is 1. The van der Waals surface area contributed by atoms with Gasteiger partial charge in [0.15, 0.2) is 0 Å². The van der Waals surface area contributed by atoms with Crippen molar-refractivity contribution in [3.8, 4) is 17.3 Å². The zero-order valence-corrected chi connectivity index (χ0v) is 14.5. The lowest BCUT2D eigenvalue weighted by Crippen LogP contribution is -2.10. The van der Waals surface area contributed by atoms with Crippen LogP contribution in [0.1, 0.15) is 25.3 Å². The smallest absolute Gasteiger partial charge is 0.346 e. The summed E-state index contributed by atoms with van der Waals surface area (Å²) in [5.41, 5.74) is 2.66. The summed E-state index contributed by atoms with van der Waals surface area (Å²) in [5.74, 6) is 0.593. The number of hydrogen-bond acceptors (Lipinski definition) is 5. The first-order valence-electron chi connectivity index (χ1n) is 7.84. The van der Waals surface area contributed by atoms with Gasteiger partial charge >= 0.3 is 7.82 Å². The summed E-state index contributed by atoms with van der Waals surface area (Å²) in [4.78, 5) is 33.2. The van der Waals surface area contributed by atoms with Crippen molar-refractivity contribution in [1.29, 1.82) is 5.26 Å². The standard InChI is InChI=1S/C15H14N6.H3O4P/c16-5-3-13(10-1-2-10)21-8-11(7-20-21)14-12-4-6-17-15(12)19-9-18-14;1-5(2,3)4/h4,6-10,13H,1-3H2,(H,17,18,19);(H3,1,2,3,4). The Labute approximate surface area is 148 Å². The summed E-state index contributed by atoms with van der Waals surface area (Å²) < 4.78 is 10.8. The van der Waals surface area contributed by atoms with Gasteiger partial charge in [-0.05, 0) is 24.8 Å². The highest BCUT2D eigenvalue weighted by Crippen LogP contribution is 2.41. The molecule has 1 unspecified atom stereocenters. The predicted octanol–water partition coefficient (Wildman–Crippen LogP) is 1.76. The number of H-pyrrole nitrogens is 1. The molecule has 0 aromatic carbocycles. The number of fused-ring (bicyclic) bond motifs is 1. The van der Waals surface area contributed by atoms with E-state index in [4.69, 9.17) is 24.5 Å². The molecule has 3 aromatic heterocycles. The molecule has 4 N–H and O–H groups in total. The highest BCUT2D eigenvalue weighted by Gasteiger charge is 2.33. The second-order valence-corrected chi connectivity index (χ2v) is 6.98. The lowest BCUT2D eigenvalue weighted by Gasteiger charge is -2.12. The Hall–Kier alpha value is -2.57. The van der Waals surface area contributed by atoms with Crippen LogP contribution >= 0.6 is 7.82 Å². The van der Waals surface area contributed by atoms with Gasteiger partial charge in [0.05, 0.1) is 30.4 Å². The molecule has 1 atom stereocenters. The number of aromatic nitrogens is 5. The van der Waals surface area contributed by atoms with E-state index in [9.17, 15) is 0 Å². The molecule has 0 bridgehead atoms. The first-order valence-corrected chi connectivity index (χ1v) is 9.41. The van der Waals surface area contributed by atoms with E-state index >= 15 is 0 Å². The van der Waals surface area contributed by atoms with E-state index < -0.39 is 7.82 Å². The van der Waals surface area contributed by atoms with E-state index in [1.807, 2.05) is 29.3 Å². The molecule has 1 saturated carbocycles. The zero-order valence-electron chi connectivity index (χ0n) is 13.6. The topological polar surface area (TPSA) is 161 Å². The van der Waals surface area contributed by atoms with E-state index in [2.05, 4.69) is 26.1 Å². The minimum absolute atomic E-state index is 0.187. The number of nitriles is 1. The minimum atomic E-state index is -4.64. The number of rotatable bonds is 4. The van der Waals surface area contributed by atoms with Crippen LogP contribution in [0.2, 0.25) is 0 Å². The lowest BCUT2D eigenvalue weighted by atomic mass is 10.1. The molecule has 1 aliphatic rings. The fourth-order valence-corrected chi connectivity index (χ4v) is 2.79. The number of nitrogens with one attached hydrogen (secondary N) is 1. The van der Waals surface area contributed by atoms with Crippen LogP contribution in [0.4, 0.5) is 0 Å². The molecule has 4 rings (SSSR count). The average Bonchev–Trinajstić information content (AvgIpc) is 3.09. The first kappa shape index (κ1) is 18.2. The fourth-order valence-electron chi connectivity index (χ4n) is 2.79. The van der Waals surface area contributed by atoms with E-state index in [0.29, 0.717) is 12.3 Å². The van der Waals surface area contributed by atoms with E-state index in [0.717, 1.165) is 22.3 Å². The van der Waals surface area contributed by atoms with Crippen molar-refractivity contribution < 1.29 is 19.2 Å². The van der Waals surface area contributed by atoms with Crippen LogP contribution in [-0.2, 0) is 4.57 Å². The summed E-state index contributed by atoms with van der Waals surface area (Å²) >= 11 is 0. The van der Waals surface area contributed by atoms with Crippen molar-refractivity contribution in [3.63, 3.8) is 0 Å². The van der Waals surface area contributed by atoms with Crippen LogP contribution in [-0.4, -0.2) is 39.4 Å². The molecule has 11 heteroatoms. The molecular formula is C15H17N6O4P. The third-order valence-electron chi connectivity index (χ3n) is 4.04. The van der Waals surface area contributed by atoms with Crippen molar-refractivity contribution in [1.82, 2.24) is 24.7 Å². The van der Waals surface area contributed by atoms with E-state index in [-0.39, 0.29) is 6.04 Å². The van der Waals surface area contributed by atoms with Gasteiger partial charge in [0.2, 0.25) is 0 Å². The number of hydrogen-bond donors (Lipinski definition) is 4. The van der Waals surface area contributed by atoms with Crippen LogP contribution in [0, 0.1) is 17.2 Å². The maximum Gasteiger partial charge on any atom is 0.466 e. The molecule has 0 spiro atoms. The van der Waals surface area contributed by atoms with Crippen molar-refractivity contribution in [3.05, 3.63) is 31.0 Å². The molecule has 1 aliphatic carbocycles. The van der Waals surface area contributed by atoms with Crippen LogP contribution in [0.5, 0.6) is 0 Å². The second-order valence-electron chi connectivity index (χ2n) is 5.95. The summed E-state index contributed by atoms with van der Waals surface area (Å²) in [7, 11) is -4.64. The third kappa shape index (κ3) is 4.53. The van der Waals surface area contributed by atoms with Gasteiger partial charge in [0.25, 0.3) is 0 Å². The van der Waals surface area contributed by atoms with Gasteiger partial charge < -0.3 is 19.7 Å². The van der Waals surface area contributed by atoms with Gasteiger partial charge in [-0.2, -0.15) is 10.4 Å². The Morgan fingerprint density at radius 1 is 1.38 bits per heavy atom. The van der Waals surface area contributed by atoms with Gasteiger partial charge in [0, 0.05) is 23.3 Å². The summed E-state index contributed by atoms with van der Waals surface area (Å²) in [6.07, 6.45) is 10.1. The average molecular weight is 376 g/mol. The molecule has 0 radical (unpaired) electrons.